The highest BCUT2D eigenvalue weighted by Gasteiger charge is 2.03. The van der Waals surface area contributed by atoms with Crippen molar-refractivity contribution in [1.82, 2.24) is 0 Å². The molecule has 2 amide bonds. The number of benzene rings is 1. The molecule has 0 fully saturated rings. The average molecular weight is 252 g/mol. The van der Waals surface area contributed by atoms with E-state index in [1.807, 2.05) is 31.2 Å². The average Bonchev–Trinajstić information content (AvgIpc) is 2.24. The Morgan fingerprint density at radius 2 is 2.18 bits per heavy atom. The normalized spacial score (nSPS) is 9.94. The molecule has 1 aromatic carbocycles. The quantitative estimate of drug-likeness (QED) is 0.754. The predicted molar refractivity (Wildman–Crippen MR) is 70.9 cm³/mol. The van der Waals surface area contributed by atoms with Crippen LogP contribution in [0, 0.1) is 6.92 Å². The van der Waals surface area contributed by atoms with Gasteiger partial charge in [-0.15, -0.1) is 0 Å². The first-order valence-corrected chi connectivity index (χ1v) is 6.46. The summed E-state index contributed by atoms with van der Waals surface area (Å²) in [5, 5.41) is 2.80. The number of thioether (sulfide) groups is 1. The Labute approximate surface area is 105 Å². The number of carbonyl (C=O) groups is 2. The number of aryl methyl sites for hydroxylation is 1. The molecular weight excluding hydrogens is 236 g/mol. The molecular formula is C12H16N2O2S. The van der Waals surface area contributed by atoms with Crippen molar-refractivity contribution < 1.29 is 9.59 Å². The molecule has 0 aromatic heterocycles. The number of nitrogens with two attached hydrogens (primary N) is 1. The fourth-order valence-corrected chi connectivity index (χ4v) is 1.96. The van der Waals surface area contributed by atoms with Crippen LogP contribution < -0.4 is 11.1 Å². The molecule has 92 valence electrons. The first-order chi connectivity index (χ1) is 8.08. The van der Waals surface area contributed by atoms with Crippen LogP contribution in [0.1, 0.15) is 12.0 Å². The molecule has 5 heteroatoms. The van der Waals surface area contributed by atoms with E-state index in [9.17, 15) is 9.59 Å². The molecule has 1 aromatic rings. The molecule has 0 unspecified atom stereocenters. The van der Waals surface area contributed by atoms with Crippen molar-refractivity contribution in [3.63, 3.8) is 0 Å². The lowest BCUT2D eigenvalue weighted by molar-refractivity contribution is -0.116. The van der Waals surface area contributed by atoms with Gasteiger partial charge in [-0.3, -0.25) is 9.59 Å². The molecule has 4 nitrogen and oxygen atoms in total. The molecule has 3 N–H and O–H groups in total. The van der Waals surface area contributed by atoms with Gasteiger partial charge < -0.3 is 11.1 Å². The minimum absolute atomic E-state index is 0.0485. The Kier molecular flexibility index (Phi) is 5.56. The molecule has 0 saturated carbocycles. The van der Waals surface area contributed by atoms with Gasteiger partial charge in [0.05, 0.1) is 5.75 Å². The summed E-state index contributed by atoms with van der Waals surface area (Å²) in [5.41, 5.74) is 6.89. The summed E-state index contributed by atoms with van der Waals surface area (Å²) in [7, 11) is 0. The van der Waals surface area contributed by atoms with Crippen molar-refractivity contribution in [2.24, 2.45) is 5.73 Å². The van der Waals surface area contributed by atoms with Crippen LogP contribution in [0.25, 0.3) is 0 Å². The topological polar surface area (TPSA) is 72.2 Å². The van der Waals surface area contributed by atoms with Gasteiger partial charge in [-0.2, -0.15) is 11.8 Å². The minimum atomic E-state index is -0.353. The van der Waals surface area contributed by atoms with Gasteiger partial charge in [0.1, 0.15) is 0 Å². The van der Waals surface area contributed by atoms with Gasteiger partial charge in [-0.1, -0.05) is 12.1 Å². The molecule has 0 bridgehead atoms. The molecule has 0 spiro atoms. The summed E-state index contributed by atoms with van der Waals surface area (Å²) in [6, 6.07) is 7.63. The largest absolute Gasteiger partial charge is 0.369 e. The minimum Gasteiger partial charge on any atom is -0.369 e. The summed E-state index contributed by atoms with van der Waals surface area (Å²) in [5.74, 6) is 0.458. The number of primary amides is 1. The van der Waals surface area contributed by atoms with Crippen LogP contribution in [-0.2, 0) is 9.59 Å². The third-order valence-electron chi connectivity index (χ3n) is 2.02. The molecule has 17 heavy (non-hydrogen) atoms. The molecule has 0 aliphatic carbocycles. The second-order valence-corrected chi connectivity index (χ2v) is 4.79. The van der Waals surface area contributed by atoms with E-state index in [1.165, 1.54) is 11.8 Å². The van der Waals surface area contributed by atoms with Crippen molar-refractivity contribution in [2.45, 2.75) is 13.3 Å². The fraction of sp³-hybridized carbons (Fsp3) is 0.333. The lowest BCUT2D eigenvalue weighted by Gasteiger charge is -2.05. The van der Waals surface area contributed by atoms with Gasteiger partial charge in [-0.05, 0) is 24.6 Å². The van der Waals surface area contributed by atoms with Gasteiger partial charge in [0.25, 0.3) is 0 Å². The molecule has 0 aliphatic heterocycles. The van der Waals surface area contributed by atoms with Crippen LogP contribution in [0.2, 0.25) is 0 Å². The standard InChI is InChI=1S/C12H16N2O2S/c1-9-3-2-4-10(7-9)14-12(16)5-6-17-8-11(13)15/h2-4,7H,5-6,8H2,1H3,(H2,13,15)(H,14,16). The van der Waals surface area contributed by atoms with Crippen LogP contribution in [-0.4, -0.2) is 23.3 Å². The third kappa shape index (κ3) is 5.97. The summed E-state index contributed by atoms with van der Waals surface area (Å²) >= 11 is 1.37. The lowest BCUT2D eigenvalue weighted by Crippen LogP contribution is -2.15. The highest BCUT2D eigenvalue weighted by atomic mass is 32.2. The first-order valence-electron chi connectivity index (χ1n) is 5.30. The smallest absolute Gasteiger partial charge is 0.227 e. The molecule has 0 saturated heterocycles. The Morgan fingerprint density at radius 1 is 1.41 bits per heavy atom. The number of carbonyl (C=O) groups excluding carboxylic acids is 2. The van der Waals surface area contributed by atoms with Gasteiger partial charge in [0.15, 0.2) is 0 Å². The van der Waals surface area contributed by atoms with Gasteiger partial charge in [-0.25, -0.2) is 0 Å². The monoisotopic (exact) mass is 252 g/mol. The van der Waals surface area contributed by atoms with E-state index in [2.05, 4.69) is 5.32 Å². The van der Waals surface area contributed by atoms with Gasteiger partial charge >= 0.3 is 0 Å². The second-order valence-electron chi connectivity index (χ2n) is 3.69. The van der Waals surface area contributed by atoms with Crippen molar-refractivity contribution >= 4 is 29.3 Å². The predicted octanol–water partition coefficient (Wildman–Crippen LogP) is 1.54. The highest BCUT2D eigenvalue weighted by Crippen LogP contribution is 2.10. The van der Waals surface area contributed by atoms with Gasteiger partial charge in [0.2, 0.25) is 11.8 Å². The number of rotatable bonds is 6. The van der Waals surface area contributed by atoms with Crippen LogP contribution in [0.4, 0.5) is 5.69 Å². The van der Waals surface area contributed by atoms with Crippen molar-refractivity contribution in [3.8, 4) is 0 Å². The molecule has 0 radical (unpaired) electrons. The van der Waals surface area contributed by atoms with E-state index in [4.69, 9.17) is 5.73 Å². The van der Waals surface area contributed by atoms with Crippen molar-refractivity contribution in [2.75, 3.05) is 16.8 Å². The SMILES string of the molecule is Cc1cccc(NC(=O)CCSCC(N)=O)c1. The van der Waals surface area contributed by atoms with E-state index < -0.39 is 0 Å². The van der Waals surface area contributed by atoms with E-state index >= 15 is 0 Å². The number of hydrogen-bond acceptors (Lipinski definition) is 3. The third-order valence-corrected chi connectivity index (χ3v) is 3.00. The number of nitrogens with one attached hydrogen (secondary N) is 1. The maximum Gasteiger partial charge on any atom is 0.227 e. The zero-order valence-corrected chi connectivity index (χ0v) is 10.5. The van der Waals surface area contributed by atoms with Gasteiger partial charge in [0, 0.05) is 17.9 Å². The summed E-state index contributed by atoms with van der Waals surface area (Å²) < 4.78 is 0. The summed E-state index contributed by atoms with van der Waals surface area (Å²) in [6.07, 6.45) is 0.381. The highest BCUT2D eigenvalue weighted by molar-refractivity contribution is 7.99. The lowest BCUT2D eigenvalue weighted by atomic mass is 10.2. The zero-order chi connectivity index (χ0) is 12.7. The number of anilines is 1. The van der Waals surface area contributed by atoms with Crippen LogP contribution in [0.5, 0.6) is 0 Å². The zero-order valence-electron chi connectivity index (χ0n) is 9.73. The number of hydrogen-bond donors (Lipinski definition) is 2. The van der Waals surface area contributed by atoms with Crippen molar-refractivity contribution in [1.29, 1.82) is 0 Å². The molecule has 0 atom stereocenters. The van der Waals surface area contributed by atoms with E-state index in [0.29, 0.717) is 12.2 Å². The first kappa shape index (κ1) is 13.6. The Balaban J connectivity index is 2.27. The summed E-state index contributed by atoms with van der Waals surface area (Å²) in [6.45, 7) is 1.97. The fourth-order valence-electron chi connectivity index (χ4n) is 1.28. The van der Waals surface area contributed by atoms with Crippen LogP contribution >= 0.6 is 11.8 Å². The van der Waals surface area contributed by atoms with E-state index in [-0.39, 0.29) is 17.6 Å². The van der Waals surface area contributed by atoms with E-state index in [0.717, 1.165) is 11.3 Å². The molecule has 0 aliphatic rings. The second kappa shape index (κ2) is 6.96. The molecule has 1 rings (SSSR count). The number of amides is 2. The van der Waals surface area contributed by atoms with Crippen molar-refractivity contribution in [3.05, 3.63) is 29.8 Å². The van der Waals surface area contributed by atoms with Crippen LogP contribution in [0.15, 0.2) is 24.3 Å². The Hall–Kier alpha value is -1.49. The summed E-state index contributed by atoms with van der Waals surface area (Å²) in [4.78, 5) is 22.0. The molecule has 0 heterocycles. The Morgan fingerprint density at radius 3 is 2.82 bits per heavy atom. The maximum atomic E-state index is 11.5. The Bertz CT molecular complexity index is 407. The maximum absolute atomic E-state index is 11.5. The van der Waals surface area contributed by atoms with E-state index in [1.54, 1.807) is 0 Å². The van der Waals surface area contributed by atoms with Crippen LogP contribution in [0.3, 0.4) is 0 Å².